The van der Waals surface area contributed by atoms with Crippen LogP contribution in [-0.4, -0.2) is 22.7 Å². The Kier molecular flexibility index (Phi) is 6.20. The molecule has 1 heterocycles. The zero-order valence-corrected chi connectivity index (χ0v) is 15.8. The van der Waals surface area contributed by atoms with Crippen LogP contribution in [0.2, 0.25) is 5.02 Å². The van der Waals surface area contributed by atoms with Crippen molar-refractivity contribution in [1.82, 2.24) is 10.2 Å². The Bertz CT molecular complexity index is 881. The van der Waals surface area contributed by atoms with Gasteiger partial charge in [-0.1, -0.05) is 48.1 Å². The third-order valence-corrected chi connectivity index (χ3v) is 4.82. The van der Waals surface area contributed by atoms with Crippen molar-refractivity contribution in [3.8, 4) is 5.75 Å². The fourth-order valence-electron chi connectivity index (χ4n) is 2.28. The van der Waals surface area contributed by atoms with E-state index in [2.05, 4.69) is 34.6 Å². The summed E-state index contributed by atoms with van der Waals surface area (Å²) in [6.07, 6.45) is 1.63. The molecule has 0 radical (unpaired) electrons. The highest BCUT2D eigenvalue weighted by Crippen LogP contribution is 2.19. The molecule has 0 bridgehead atoms. The SMILES string of the molecule is CCc1ccc(OCCc2nnc(NC(=O)c3cccc(Cl)c3)s2)cc1. The first-order chi connectivity index (χ1) is 12.6. The number of carbonyl (C=O) groups is 1. The molecular weight excluding hydrogens is 370 g/mol. The van der Waals surface area contributed by atoms with Gasteiger partial charge in [-0.05, 0) is 42.3 Å². The topological polar surface area (TPSA) is 64.1 Å². The van der Waals surface area contributed by atoms with Crippen LogP contribution in [-0.2, 0) is 12.8 Å². The molecule has 7 heteroatoms. The molecule has 0 saturated heterocycles. The van der Waals surface area contributed by atoms with Crippen molar-refractivity contribution in [2.75, 3.05) is 11.9 Å². The van der Waals surface area contributed by atoms with Crippen LogP contribution in [0.1, 0.15) is 27.9 Å². The summed E-state index contributed by atoms with van der Waals surface area (Å²) < 4.78 is 5.72. The first kappa shape index (κ1) is 18.4. The fraction of sp³-hybridized carbons (Fsp3) is 0.211. The van der Waals surface area contributed by atoms with Crippen molar-refractivity contribution in [2.24, 2.45) is 0 Å². The molecule has 0 atom stereocenters. The van der Waals surface area contributed by atoms with Crippen LogP contribution in [0, 0.1) is 0 Å². The van der Waals surface area contributed by atoms with Crippen molar-refractivity contribution >= 4 is 34.0 Å². The number of nitrogens with zero attached hydrogens (tertiary/aromatic N) is 2. The molecule has 134 valence electrons. The van der Waals surface area contributed by atoms with E-state index in [1.54, 1.807) is 24.3 Å². The molecule has 26 heavy (non-hydrogen) atoms. The number of ether oxygens (including phenoxy) is 1. The Balaban J connectivity index is 1.50. The second kappa shape index (κ2) is 8.78. The minimum atomic E-state index is -0.262. The maximum absolute atomic E-state index is 12.2. The summed E-state index contributed by atoms with van der Waals surface area (Å²) in [5, 5.41) is 12.6. The number of aromatic nitrogens is 2. The molecule has 0 fully saturated rings. The van der Waals surface area contributed by atoms with Crippen LogP contribution < -0.4 is 10.1 Å². The molecule has 0 unspecified atom stereocenters. The van der Waals surface area contributed by atoms with Crippen LogP contribution >= 0.6 is 22.9 Å². The van der Waals surface area contributed by atoms with Gasteiger partial charge in [0.25, 0.3) is 5.91 Å². The number of hydrogen-bond acceptors (Lipinski definition) is 5. The molecule has 0 aliphatic carbocycles. The van der Waals surface area contributed by atoms with Crippen molar-refractivity contribution in [3.63, 3.8) is 0 Å². The highest BCUT2D eigenvalue weighted by Gasteiger charge is 2.10. The van der Waals surface area contributed by atoms with E-state index in [0.717, 1.165) is 17.2 Å². The highest BCUT2D eigenvalue weighted by atomic mass is 35.5. The van der Waals surface area contributed by atoms with E-state index < -0.39 is 0 Å². The average Bonchev–Trinajstić information content (AvgIpc) is 3.09. The number of amides is 1. The number of anilines is 1. The molecule has 0 aliphatic heterocycles. The number of benzene rings is 2. The molecular formula is C19H18ClN3O2S. The Morgan fingerprint density at radius 1 is 1.19 bits per heavy atom. The van der Waals surface area contributed by atoms with Crippen LogP contribution in [0.15, 0.2) is 48.5 Å². The zero-order valence-electron chi connectivity index (χ0n) is 14.2. The molecule has 3 aromatic rings. The normalized spacial score (nSPS) is 10.5. The maximum Gasteiger partial charge on any atom is 0.257 e. The molecule has 2 aromatic carbocycles. The summed E-state index contributed by atoms with van der Waals surface area (Å²) in [4.78, 5) is 12.2. The second-order valence-corrected chi connectivity index (χ2v) is 7.06. The highest BCUT2D eigenvalue weighted by molar-refractivity contribution is 7.15. The quantitative estimate of drug-likeness (QED) is 0.642. The largest absolute Gasteiger partial charge is 0.493 e. The van der Waals surface area contributed by atoms with E-state index in [4.69, 9.17) is 16.3 Å². The Labute approximate surface area is 161 Å². The van der Waals surface area contributed by atoms with Gasteiger partial charge in [0, 0.05) is 17.0 Å². The summed E-state index contributed by atoms with van der Waals surface area (Å²) in [7, 11) is 0. The molecule has 0 spiro atoms. The monoisotopic (exact) mass is 387 g/mol. The molecule has 0 aliphatic rings. The van der Waals surface area contributed by atoms with Crippen LogP contribution in [0.5, 0.6) is 5.75 Å². The lowest BCUT2D eigenvalue weighted by Gasteiger charge is -2.05. The van der Waals surface area contributed by atoms with Gasteiger partial charge in [-0.2, -0.15) is 0 Å². The summed E-state index contributed by atoms with van der Waals surface area (Å²) in [6, 6.07) is 14.8. The van der Waals surface area contributed by atoms with Crippen molar-refractivity contribution < 1.29 is 9.53 Å². The Morgan fingerprint density at radius 3 is 2.73 bits per heavy atom. The number of rotatable bonds is 7. The third-order valence-electron chi connectivity index (χ3n) is 3.69. The second-order valence-electron chi connectivity index (χ2n) is 5.56. The summed E-state index contributed by atoms with van der Waals surface area (Å²) in [5.41, 5.74) is 1.76. The summed E-state index contributed by atoms with van der Waals surface area (Å²) >= 11 is 7.24. The third kappa shape index (κ3) is 5.03. The Morgan fingerprint density at radius 2 is 2.00 bits per heavy atom. The van der Waals surface area contributed by atoms with E-state index >= 15 is 0 Å². The number of nitrogens with one attached hydrogen (secondary N) is 1. The van der Waals surface area contributed by atoms with E-state index in [1.807, 2.05) is 12.1 Å². The van der Waals surface area contributed by atoms with E-state index in [1.165, 1.54) is 16.9 Å². The van der Waals surface area contributed by atoms with Gasteiger partial charge in [0.05, 0.1) is 6.61 Å². The van der Waals surface area contributed by atoms with Gasteiger partial charge < -0.3 is 4.74 Å². The maximum atomic E-state index is 12.2. The number of halogens is 1. The molecule has 1 amide bonds. The lowest BCUT2D eigenvalue weighted by molar-refractivity contribution is 0.102. The van der Waals surface area contributed by atoms with Gasteiger partial charge in [-0.15, -0.1) is 10.2 Å². The number of hydrogen-bond donors (Lipinski definition) is 1. The van der Waals surface area contributed by atoms with E-state index in [0.29, 0.717) is 28.7 Å². The molecule has 5 nitrogen and oxygen atoms in total. The summed E-state index contributed by atoms with van der Waals surface area (Å²) in [5.74, 6) is 0.573. The first-order valence-electron chi connectivity index (χ1n) is 8.25. The van der Waals surface area contributed by atoms with Gasteiger partial charge in [0.1, 0.15) is 10.8 Å². The van der Waals surface area contributed by atoms with Gasteiger partial charge in [-0.25, -0.2) is 0 Å². The van der Waals surface area contributed by atoms with Crippen LogP contribution in [0.4, 0.5) is 5.13 Å². The molecule has 0 saturated carbocycles. The lowest BCUT2D eigenvalue weighted by atomic mass is 10.2. The minimum absolute atomic E-state index is 0.262. The van der Waals surface area contributed by atoms with Gasteiger partial charge >= 0.3 is 0 Å². The standard InChI is InChI=1S/C19H18ClN3O2S/c1-2-13-6-8-16(9-7-13)25-11-10-17-22-23-19(26-17)21-18(24)14-4-3-5-15(20)12-14/h3-9,12H,2,10-11H2,1H3,(H,21,23,24). The molecule has 1 aromatic heterocycles. The number of carbonyl (C=O) groups excluding carboxylic acids is 1. The predicted molar refractivity (Wildman–Crippen MR) is 104 cm³/mol. The summed E-state index contributed by atoms with van der Waals surface area (Å²) in [6.45, 7) is 2.62. The predicted octanol–water partition coefficient (Wildman–Crippen LogP) is 4.63. The van der Waals surface area contributed by atoms with E-state index in [9.17, 15) is 4.79 Å². The Hall–Kier alpha value is -2.44. The average molecular weight is 388 g/mol. The smallest absolute Gasteiger partial charge is 0.257 e. The van der Waals surface area contributed by atoms with Crippen molar-refractivity contribution in [1.29, 1.82) is 0 Å². The fourth-order valence-corrected chi connectivity index (χ4v) is 3.19. The van der Waals surface area contributed by atoms with Crippen LogP contribution in [0.3, 0.4) is 0 Å². The van der Waals surface area contributed by atoms with Crippen molar-refractivity contribution in [3.05, 3.63) is 69.7 Å². The van der Waals surface area contributed by atoms with Gasteiger partial charge in [0.2, 0.25) is 5.13 Å². The van der Waals surface area contributed by atoms with Gasteiger partial charge in [0.15, 0.2) is 0 Å². The first-order valence-corrected chi connectivity index (χ1v) is 9.44. The van der Waals surface area contributed by atoms with E-state index in [-0.39, 0.29) is 5.91 Å². The minimum Gasteiger partial charge on any atom is -0.493 e. The van der Waals surface area contributed by atoms with Crippen molar-refractivity contribution in [2.45, 2.75) is 19.8 Å². The number of aryl methyl sites for hydroxylation is 1. The molecule has 3 rings (SSSR count). The zero-order chi connectivity index (χ0) is 18.4. The lowest BCUT2D eigenvalue weighted by Crippen LogP contribution is -2.11. The molecule has 1 N–H and O–H groups in total. The van der Waals surface area contributed by atoms with Gasteiger partial charge in [-0.3, -0.25) is 10.1 Å². The van der Waals surface area contributed by atoms with Crippen LogP contribution in [0.25, 0.3) is 0 Å².